The Morgan fingerprint density at radius 3 is 2.54 bits per heavy atom. The fourth-order valence-electron chi connectivity index (χ4n) is 2.45. The van der Waals surface area contributed by atoms with Crippen LogP contribution in [0.1, 0.15) is 42.9 Å². The highest BCUT2D eigenvalue weighted by Crippen LogP contribution is 2.30. The molecule has 0 saturated heterocycles. The Kier molecular flexibility index (Phi) is 7.36. The lowest BCUT2D eigenvalue weighted by Gasteiger charge is -2.24. The molecule has 0 aliphatic rings. The second kappa shape index (κ2) is 9.15. The average Bonchev–Trinajstić information content (AvgIpc) is 2.96. The number of rotatable bonds is 5. The highest BCUT2D eigenvalue weighted by molar-refractivity contribution is 9.10. The van der Waals surface area contributed by atoms with Crippen LogP contribution in [0.2, 0.25) is 10.0 Å². The van der Waals surface area contributed by atoms with Crippen molar-refractivity contribution in [1.82, 2.24) is 15.1 Å². The minimum absolute atomic E-state index is 0.0639. The number of nitrogens with zero attached hydrogens (tertiary/aromatic N) is 2. The minimum atomic E-state index is -0.649. The van der Waals surface area contributed by atoms with Gasteiger partial charge in [0.15, 0.2) is 0 Å². The first-order chi connectivity index (χ1) is 13.0. The maximum Gasteiger partial charge on any atom is 0.407 e. The number of nitrogens with one attached hydrogen (secondary N) is 1. The van der Waals surface area contributed by atoms with E-state index in [1.54, 1.807) is 39.0 Å². The average molecular weight is 493 g/mol. The van der Waals surface area contributed by atoms with Crippen LogP contribution in [-0.2, 0) is 9.47 Å². The summed E-state index contributed by atoms with van der Waals surface area (Å²) >= 11 is 15.6. The molecule has 28 heavy (non-hydrogen) atoms. The summed E-state index contributed by atoms with van der Waals surface area (Å²) in [5.74, 6) is -0.578. The molecule has 0 aliphatic heterocycles. The van der Waals surface area contributed by atoms with Gasteiger partial charge in [0.2, 0.25) is 0 Å². The van der Waals surface area contributed by atoms with Crippen molar-refractivity contribution in [3.05, 3.63) is 50.2 Å². The first-order valence-electron chi connectivity index (χ1n) is 8.27. The van der Waals surface area contributed by atoms with Gasteiger partial charge in [0, 0.05) is 22.7 Å². The topological polar surface area (TPSA) is 82.5 Å². The van der Waals surface area contributed by atoms with Gasteiger partial charge in [0.25, 0.3) is 0 Å². The van der Waals surface area contributed by atoms with Crippen molar-refractivity contribution in [1.29, 1.82) is 0 Å². The molecule has 0 bridgehead atoms. The van der Waals surface area contributed by atoms with E-state index in [-0.39, 0.29) is 12.2 Å². The van der Waals surface area contributed by atoms with Gasteiger partial charge >= 0.3 is 12.1 Å². The van der Waals surface area contributed by atoms with Crippen molar-refractivity contribution in [2.75, 3.05) is 13.7 Å². The molecule has 2 aromatic rings. The molecule has 1 unspecified atom stereocenters. The third-order valence-electron chi connectivity index (χ3n) is 3.56. The second-order valence-corrected chi connectivity index (χ2v) is 8.51. The van der Waals surface area contributed by atoms with Crippen LogP contribution >= 0.6 is 39.1 Å². The number of halogens is 3. The van der Waals surface area contributed by atoms with Gasteiger partial charge < -0.3 is 14.8 Å². The molecule has 152 valence electrons. The van der Waals surface area contributed by atoms with E-state index in [1.165, 1.54) is 17.9 Å². The fraction of sp³-hybridized carbons (Fsp3) is 0.389. The molecule has 1 aromatic carbocycles. The van der Waals surface area contributed by atoms with Gasteiger partial charge in [-0.15, -0.1) is 0 Å². The highest BCUT2D eigenvalue weighted by Gasteiger charge is 2.26. The van der Waals surface area contributed by atoms with Crippen molar-refractivity contribution in [3.63, 3.8) is 0 Å². The lowest BCUT2D eigenvalue weighted by atomic mass is 10.1. The van der Waals surface area contributed by atoms with E-state index >= 15 is 0 Å². The lowest BCUT2D eigenvalue weighted by Crippen LogP contribution is -2.37. The number of alkyl carbamates (subject to hydrolysis) is 1. The van der Waals surface area contributed by atoms with Crippen molar-refractivity contribution in [3.8, 4) is 0 Å². The van der Waals surface area contributed by atoms with Gasteiger partial charge in [-0.2, -0.15) is 5.10 Å². The number of amides is 1. The Bertz CT molecular complexity index is 880. The molecule has 2 rings (SSSR count). The van der Waals surface area contributed by atoms with E-state index < -0.39 is 23.7 Å². The number of hydrogen-bond acceptors (Lipinski definition) is 5. The number of methoxy groups -OCH3 is 1. The van der Waals surface area contributed by atoms with Gasteiger partial charge in [-0.3, -0.25) is 0 Å². The zero-order valence-corrected chi connectivity index (χ0v) is 18.9. The number of benzene rings is 1. The quantitative estimate of drug-likeness (QED) is 0.603. The third-order valence-corrected chi connectivity index (χ3v) is 4.51. The summed E-state index contributed by atoms with van der Waals surface area (Å²) in [6, 6.07) is 5.87. The molecule has 0 aliphatic carbocycles. The molecule has 1 atom stereocenters. The fourth-order valence-corrected chi connectivity index (χ4v) is 3.38. The van der Waals surface area contributed by atoms with Gasteiger partial charge in [-0.1, -0.05) is 29.3 Å². The standard InChI is InChI=1S/C18H20BrCl2N3O4/c1-18(2,3)28-17(26)22-9-14(11-6-5-10(20)7-12(11)21)24-13(16(25)27-4)8-15(19)23-24/h5-8,14H,9H2,1-4H3,(H,22,26). The molecule has 0 fully saturated rings. The van der Waals surface area contributed by atoms with E-state index in [9.17, 15) is 9.59 Å². The van der Waals surface area contributed by atoms with Crippen LogP contribution < -0.4 is 5.32 Å². The van der Waals surface area contributed by atoms with Crippen LogP contribution in [0.3, 0.4) is 0 Å². The summed E-state index contributed by atoms with van der Waals surface area (Å²) in [4.78, 5) is 24.3. The van der Waals surface area contributed by atoms with E-state index in [0.29, 0.717) is 20.2 Å². The second-order valence-electron chi connectivity index (χ2n) is 6.85. The summed E-state index contributed by atoms with van der Waals surface area (Å²) in [6.45, 7) is 5.36. The summed E-state index contributed by atoms with van der Waals surface area (Å²) in [5.41, 5.74) is 0.155. The van der Waals surface area contributed by atoms with Crippen molar-refractivity contribution < 1.29 is 19.1 Å². The van der Waals surface area contributed by atoms with Gasteiger partial charge in [-0.25, -0.2) is 14.3 Å². The molecule has 1 amide bonds. The Morgan fingerprint density at radius 1 is 1.29 bits per heavy atom. The Balaban J connectivity index is 2.43. The molecular weight excluding hydrogens is 473 g/mol. The molecule has 0 radical (unpaired) electrons. The number of hydrogen-bond donors (Lipinski definition) is 1. The molecular formula is C18H20BrCl2N3O4. The van der Waals surface area contributed by atoms with Crippen LogP contribution in [0, 0.1) is 0 Å². The van der Waals surface area contributed by atoms with Crippen molar-refractivity contribution in [2.24, 2.45) is 0 Å². The van der Waals surface area contributed by atoms with Gasteiger partial charge in [0.1, 0.15) is 15.9 Å². The Labute approximate surface area is 181 Å². The predicted molar refractivity (Wildman–Crippen MR) is 110 cm³/mol. The summed E-state index contributed by atoms with van der Waals surface area (Å²) in [7, 11) is 1.27. The van der Waals surface area contributed by atoms with Crippen LogP contribution in [0.25, 0.3) is 0 Å². The smallest absolute Gasteiger partial charge is 0.407 e. The first-order valence-corrected chi connectivity index (χ1v) is 9.82. The lowest BCUT2D eigenvalue weighted by molar-refractivity contribution is 0.0522. The number of aromatic nitrogens is 2. The van der Waals surface area contributed by atoms with E-state index in [1.807, 2.05) is 0 Å². The zero-order valence-electron chi connectivity index (χ0n) is 15.8. The van der Waals surface area contributed by atoms with Crippen LogP contribution in [-0.4, -0.2) is 41.1 Å². The van der Waals surface area contributed by atoms with Crippen LogP contribution in [0.4, 0.5) is 4.79 Å². The van der Waals surface area contributed by atoms with E-state index in [2.05, 4.69) is 26.3 Å². The third kappa shape index (κ3) is 5.86. The van der Waals surface area contributed by atoms with Crippen LogP contribution in [0.15, 0.2) is 28.9 Å². The normalized spacial score (nSPS) is 12.4. The highest BCUT2D eigenvalue weighted by atomic mass is 79.9. The molecule has 1 heterocycles. The molecule has 1 aromatic heterocycles. The summed E-state index contributed by atoms with van der Waals surface area (Å²) < 4.78 is 12.0. The number of ether oxygens (including phenoxy) is 2. The molecule has 10 heteroatoms. The largest absolute Gasteiger partial charge is 0.464 e. The van der Waals surface area contributed by atoms with Crippen molar-refractivity contribution in [2.45, 2.75) is 32.4 Å². The van der Waals surface area contributed by atoms with E-state index in [4.69, 9.17) is 32.7 Å². The summed E-state index contributed by atoms with van der Waals surface area (Å²) in [6.07, 6.45) is -0.603. The number of carbonyl (C=O) groups is 2. The van der Waals surface area contributed by atoms with Gasteiger partial charge in [0.05, 0.1) is 13.2 Å². The Morgan fingerprint density at radius 2 is 1.96 bits per heavy atom. The number of esters is 1. The predicted octanol–water partition coefficient (Wildman–Crippen LogP) is 4.85. The SMILES string of the molecule is COC(=O)c1cc(Br)nn1C(CNC(=O)OC(C)(C)C)c1ccc(Cl)cc1Cl. The van der Waals surface area contributed by atoms with E-state index in [0.717, 1.165) is 0 Å². The van der Waals surface area contributed by atoms with Crippen molar-refractivity contribution >= 4 is 51.2 Å². The summed E-state index contributed by atoms with van der Waals surface area (Å²) in [5, 5.41) is 7.84. The zero-order chi connectivity index (χ0) is 21.1. The minimum Gasteiger partial charge on any atom is -0.464 e. The molecule has 0 spiro atoms. The van der Waals surface area contributed by atoms with Gasteiger partial charge in [-0.05, 0) is 54.4 Å². The maximum atomic E-state index is 12.2. The molecule has 1 N–H and O–H groups in total. The maximum absolute atomic E-state index is 12.2. The monoisotopic (exact) mass is 491 g/mol. The number of carbonyl (C=O) groups excluding carboxylic acids is 2. The molecule has 0 saturated carbocycles. The first kappa shape index (κ1) is 22.5. The Hall–Kier alpha value is -1.77. The molecule has 7 nitrogen and oxygen atoms in total. The van der Waals surface area contributed by atoms with Crippen LogP contribution in [0.5, 0.6) is 0 Å².